The predicted molar refractivity (Wildman–Crippen MR) is 55.9 cm³/mol. The van der Waals surface area contributed by atoms with Crippen LogP contribution in [0.15, 0.2) is 12.7 Å². The van der Waals surface area contributed by atoms with Gasteiger partial charge in [-0.05, 0) is 13.8 Å². The number of hydrogen-bond donors (Lipinski definition) is 2. The maximum Gasteiger partial charge on any atom is 0.409 e. The summed E-state index contributed by atoms with van der Waals surface area (Å²) in [6.07, 6.45) is -5.09. The van der Waals surface area contributed by atoms with Crippen molar-refractivity contribution in [1.29, 1.82) is 0 Å². The fourth-order valence-corrected chi connectivity index (χ4v) is 1.09. The number of halogens is 3. The molecule has 0 rings (SSSR count). The second-order valence-corrected chi connectivity index (χ2v) is 4.03. The number of nitrogens with one attached hydrogen (secondary N) is 1. The fourth-order valence-electron chi connectivity index (χ4n) is 1.09. The van der Waals surface area contributed by atoms with E-state index in [0.717, 1.165) is 13.8 Å². The Kier molecular flexibility index (Phi) is 5.19. The molecule has 8 heteroatoms. The van der Waals surface area contributed by atoms with Crippen LogP contribution in [0, 0.1) is 5.41 Å². The molecule has 1 atom stereocenters. The van der Waals surface area contributed by atoms with E-state index in [-0.39, 0.29) is 6.61 Å². The SMILES string of the molecule is C=CCOC(=O)N[C@H](C(F)(F)F)C(C)(C)C(=O)O. The van der Waals surface area contributed by atoms with Crippen molar-refractivity contribution in [3.05, 3.63) is 12.7 Å². The van der Waals surface area contributed by atoms with Gasteiger partial charge in [0.05, 0.1) is 5.41 Å². The van der Waals surface area contributed by atoms with Crippen molar-refractivity contribution < 1.29 is 32.6 Å². The molecule has 5 nitrogen and oxygen atoms in total. The summed E-state index contributed by atoms with van der Waals surface area (Å²) in [6.45, 7) is 4.67. The van der Waals surface area contributed by atoms with Crippen LogP contribution in [0.4, 0.5) is 18.0 Å². The first-order chi connectivity index (χ1) is 8.03. The molecule has 104 valence electrons. The zero-order valence-corrected chi connectivity index (χ0v) is 9.87. The molecule has 0 aliphatic carbocycles. The van der Waals surface area contributed by atoms with Crippen LogP contribution in [0.3, 0.4) is 0 Å². The molecular formula is C10H14F3NO4. The minimum absolute atomic E-state index is 0.274. The zero-order valence-electron chi connectivity index (χ0n) is 9.87. The topological polar surface area (TPSA) is 75.6 Å². The van der Waals surface area contributed by atoms with Crippen LogP contribution < -0.4 is 5.32 Å². The van der Waals surface area contributed by atoms with E-state index in [1.54, 1.807) is 0 Å². The Morgan fingerprint density at radius 2 is 1.94 bits per heavy atom. The minimum Gasteiger partial charge on any atom is -0.481 e. The molecule has 2 N–H and O–H groups in total. The Hall–Kier alpha value is -1.73. The molecule has 0 fully saturated rings. The van der Waals surface area contributed by atoms with Crippen molar-refractivity contribution in [2.75, 3.05) is 6.61 Å². The van der Waals surface area contributed by atoms with Crippen molar-refractivity contribution in [1.82, 2.24) is 5.32 Å². The third-order valence-electron chi connectivity index (χ3n) is 2.19. The van der Waals surface area contributed by atoms with Gasteiger partial charge in [-0.25, -0.2) is 4.79 Å². The molecule has 0 bridgehead atoms. The van der Waals surface area contributed by atoms with E-state index < -0.39 is 29.7 Å². The number of amides is 1. The molecule has 0 aliphatic heterocycles. The van der Waals surface area contributed by atoms with Gasteiger partial charge >= 0.3 is 18.2 Å². The summed E-state index contributed by atoms with van der Waals surface area (Å²) in [7, 11) is 0. The highest BCUT2D eigenvalue weighted by molar-refractivity contribution is 5.76. The molecular weight excluding hydrogens is 255 g/mol. The molecule has 0 aromatic rings. The van der Waals surface area contributed by atoms with E-state index in [9.17, 15) is 22.8 Å². The molecule has 0 saturated heterocycles. The van der Waals surface area contributed by atoms with Gasteiger partial charge in [-0.1, -0.05) is 12.7 Å². The molecule has 0 radical (unpaired) electrons. The summed E-state index contributed by atoms with van der Waals surface area (Å²) in [5.41, 5.74) is -2.22. The van der Waals surface area contributed by atoms with Gasteiger partial charge in [-0.15, -0.1) is 0 Å². The summed E-state index contributed by atoms with van der Waals surface area (Å²) in [4.78, 5) is 21.9. The first kappa shape index (κ1) is 16.3. The lowest BCUT2D eigenvalue weighted by Gasteiger charge is -2.32. The minimum atomic E-state index is -4.91. The van der Waals surface area contributed by atoms with E-state index in [1.165, 1.54) is 11.4 Å². The highest BCUT2D eigenvalue weighted by Gasteiger charge is 2.53. The first-order valence-electron chi connectivity index (χ1n) is 4.87. The number of alkyl halides is 3. The number of carboxylic acid groups (broad SMARTS) is 1. The van der Waals surface area contributed by atoms with Gasteiger partial charge in [0.1, 0.15) is 12.6 Å². The van der Waals surface area contributed by atoms with Crippen molar-refractivity contribution in [2.24, 2.45) is 5.41 Å². The highest BCUT2D eigenvalue weighted by atomic mass is 19.4. The maximum atomic E-state index is 12.7. The lowest BCUT2D eigenvalue weighted by molar-refractivity contribution is -0.190. The number of rotatable bonds is 5. The number of carbonyl (C=O) groups is 2. The summed E-state index contributed by atoms with van der Waals surface area (Å²) in [6, 6.07) is -2.56. The Morgan fingerprint density at radius 1 is 1.44 bits per heavy atom. The molecule has 0 heterocycles. The van der Waals surface area contributed by atoms with Crippen LogP contribution in [-0.2, 0) is 9.53 Å². The third-order valence-corrected chi connectivity index (χ3v) is 2.19. The number of carboxylic acids is 1. The number of ether oxygens (including phenoxy) is 1. The smallest absolute Gasteiger partial charge is 0.409 e. The lowest BCUT2D eigenvalue weighted by Crippen LogP contribution is -2.57. The Labute approximate surface area is 102 Å². The van der Waals surface area contributed by atoms with Gasteiger partial charge in [0, 0.05) is 0 Å². The third kappa shape index (κ3) is 4.27. The Morgan fingerprint density at radius 3 is 2.28 bits per heavy atom. The van der Waals surface area contributed by atoms with Crippen LogP contribution in [-0.4, -0.2) is 36.0 Å². The molecule has 0 aromatic heterocycles. The standard InChI is InChI=1S/C10H14F3NO4/c1-4-5-18-8(17)14-6(10(11,12)13)9(2,3)7(15)16/h4,6H,1,5H2,2-3H3,(H,14,17)(H,15,16)/t6-/m0/s1. The second kappa shape index (κ2) is 5.74. The van der Waals surface area contributed by atoms with Crippen molar-refractivity contribution in [3.63, 3.8) is 0 Å². The largest absolute Gasteiger partial charge is 0.481 e. The molecule has 18 heavy (non-hydrogen) atoms. The summed E-state index contributed by atoms with van der Waals surface area (Å²) < 4.78 is 42.4. The molecule has 1 amide bonds. The highest BCUT2D eigenvalue weighted by Crippen LogP contribution is 2.34. The zero-order chi connectivity index (χ0) is 14.6. The summed E-state index contributed by atoms with van der Waals surface area (Å²) >= 11 is 0. The normalized spacial score (nSPS) is 13.6. The van der Waals surface area contributed by atoms with E-state index in [4.69, 9.17) is 5.11 Å². The van der Waals surface area contributed by atoms with Crippen molar-refractivity contribution >= 4 is 12.1 Å². The molecule has 0 unspecified atom stereocenters. The predicted octanol–water partition coefficient (Wildman–Crippen LogP) is 1.94. The molecule has 0 spiro atoms. The van der Waals surface area contributed by atoms with Crippen LogP contribution in [0.1, 0.15) is 13.8 Å². The molecule has 0 saturated carbocycles. The van der Waals surface area contributed by atoms with Crippen LogP contribution in [0.2, 0.25) is 0 Å². The van der Waals surface area contributed by atoms with Crippen molar-refractivity contribution in [3.8, 4) is 0 Å². The Bertz CT molecular complexity index is 339. The average molecular weight is 269 g/mol. The van der Waals surface area contributed by atoms with Gasteiger partial charge in [-0.3, -0.25) is 4.79 Å². The van der Waals surface area contributed by atoms with Gasteiger partial charge in [0.15, 0.2) is 0 Å². The van der Waals surface area contributed by atoms with Crippen LogP contribution in [0.25, 0.3) is 0 Å². The summed E-state index contributed by atoms with van der Waals surface area (Å²) in [5.74, 6) is -1.69. The monoisotopic (exact) mass is 269 g/mol. The summed E-state index contributed by atoms with van der Waals surface area (Å²) in [5, 5.41) is 10.3. The quantitative estimate of drug-likeness (QED) is 0.748. The maximum absolute atomic E-state index is 12.7. The van der Waals surface area contributed by atoms with Crippen LogP contribution >= 0.6 is 0 Å². The fraction of sp³-hybridized carbons (Fsp3) is 0.600. The van der Waals surface area contributed by atoms with Crippen molar-refractivity contribution in [2.45, 2.75) is 26.1 Å². The van der Waals surface area contributed by atoms with E-state index >= 15 is 0 Å². The van der Waals surface area contributed by atoms with Gasteiger partial charge < -0.3 is 15.2 Å². The van der Waals surface area contributed by atoms with Gasteiger partial charge in [0.2, 0.25) is 0 Å². The average Bonchev–Trinajstić information content (AvgIpc) is 2.20. The van der Waals surface area contributed by atoms with Crippen LogP contribution in [0.5, 0.6) is 0 Å². The number of hydrogen-bond acceptors (Lipinski definition) is 3. The molecule has 0 aliphatic rings. The lowest BCUT2D eigenvalue weighted by atomic mass is 9.84. The van der Waals surface area contributed by atoms with Gasteiger partial charge in [0.25, 0.3) is 0 Å². The second-order valence-electron chi connectivity index (χ2n) is 4.03. The first-order valence-corrected chi connectivity index (χ1v) is 4.87. The van der Waals surface area contributed by atoms with E-state index in [1.807, 2.05) is 0 Å². The van der Waals surface area contributed by atoms with Gasteiger partial charge in [-0.2, -0.15) is 13.2 Å². The number of carbonyl (C=O) groups excluding carboxylic acids is 1. The number of alkyl carbamates (subject to hydrolysis) is 1. The Balaban J connectivity index is 4.99. The van der Waals surface area contributed by atoms with E-state index in [0.29, 0.717) is 0 Å². The molecule has 0 aromatic carbocycles. The van der Waals surface area contributed by atoms with E-state index in [2.05, 4.69) is 11.3 Å². The number of aliphatic carboxylic acids is 1.